The van der Waals surface area contributed by atoms with E-state index in [4.69, 9.17) is 0 Å². The van der Waals surface area contributed by atoms with Gasteiger partial charge in [-0.25, -0.2) is 4.39 Å². The van der Waals surface area contributed by atoms with E-state index in [0.717, 1.165) is 5.56 Å². The van der Waals surface area contributed by atoms with Gasteiger partial charge >= 0.3 is 0 Å². The lowest BCUT2D eigenvalue weighted by atomic mass is 10.1. The lowest BCUT2D eigenvalue weighted by Crippen LogP contribution is -2.36. The van der Waals surface area contributed by atoms with Gasteiger partial charge in [-0.2, -0.15) is 0 Å². The minimum absolute atomic E-state index is 0.0549. The summed E-state index contributed by atoms with van der Waals surface area (Å²) in [7, 11) is 0. The van der Waals surface area contributed by atoms with Crippen molar-refractivity contribution in [3.63, 3.8) is 0 Å². The van der Waals surface area contributed by atoms with Crippen LogP contribution in [0.5, 0.6) is 0 Å². The van der Waals surface area contributed by atoms with Crippen molar-refractivity contribution in [3.8, 4) is 0 Å². The topological polar surface area (TPSA) is 41.1 Å². The summed E-state index contributed by atoms with van der Waals surface area (Å²) in [6.07, 6.45) is 0. The average Bonchev–Trinajstić information content (AvgIpc) is 2.28. The Hall–Kier alpha value is -1.42. The summed E-state index contributed by atoms with van der Waals surface area (Å²) >= 11 is 0. The number of benzene rings is 1. The first kappa shape index (κ1) is 13.6. The predicted molar refractivity (Wildman–Crippen MR) is 66.1 cm³/mol. The predicted octanol–water partition coefficient (Wildman–Crippen LogP) is 1.75. The maximum absolute atomic E-state index is 13.0. The fraction of sp³-hybridized carbons (Fsp3) is 0.462. The highest BCUT2D eigenvalue weighted by Crippen LogP contribution is 2.08. The van der Waals surface area contributed by atoms with Gasteiger partial charge in [0.1, 0.15) is 5.82 Å². The zero-order valence-electron chi connectivity index (χ0n) is 10.5. The molecule has 4 heteroatoms. The van der Waals surface area contributed by atoms with Gasteiger partial charge in [-0.15, -0.1) is 0 Å². The summed E-state index contributed by atoms with van der Waals surface area (Å²) in [5.41, 5.74) is 1.50. The molecule has 1 rings (SSSR count). The minimum Gasteiger partial charge on any atom is -0.351 e. The summed E-state index contributed by atoms with van der Waals surface area (Å²) < 4.78 is 13.0. The SMILES string of the molecule is Cc1cc(CNC(=O)CNC(C)C)ccc1F. The molecule has 0 bridgehead atoms. The molecule has 0 fully saturated rings. The van der Waals surface area contributed by atoms with E-state index in [1.54, 1.807) is 19.1 Å². The Labute approximate surface area is 101 Å². The highest BCUT2D eigenvalue weighted by molar-refractivity contribution is 5.77. The number of aryl methyl sites for hydroxylation is 1. The van der Waals surface area contributed by atoms with Gasteiger partial charge in [-0.3, -0.25) is 4.79 Å². The van der Waals surface area contributed by atoms with Crippen molar-refractivity contribution < 1.29 is 9.18 Å². The van der Waals surface area contributed by atoms with Gasteiger partial charge in [0, 0.05) is 12.6 Å². The molecule has 94 valence electrons. The molecular formula is C13H19FN2O. The van der Waals surface area contributed by atoms with Crippen LogP contribution in [0.3, 0.4) is 0 Å². The molecule has 0 aliphatic rings. The molecule has 0 aliphatic carbocycles. The first-order valence-electron chi connectivity index (χ1n) is 5.74. The lowest BCUT2D eigenvalue weighted by Gasteiger charge is -2.09. The zero-order valence-corrected chi connectivity index (χ0v) is 10.5. The normalized spacial score (nSPS) is 10.6. The minimum atomic E-state index is -0.221. The van der Waals surface area contributed by atoms with E-state index < -0.39 is 0 Å². The first-order valence-corrected chi connectivity index (χ1v) is 5.74. The molecule has 1 aromatic rings. The van der Waals surface area contributed by atoms with E-state index >= 15 is 0 Å². The number of carbonyl (C=O) groups is 1. The van der Waals surface area contributed by atoms with Gasteiger partial charge in [0.05, 0.1) is 6.54 Å². The summed E-state index contributed by atoms with van der Waals surface area (Å²) in [4.78, 5) is 11.4. The van der Waals surface area contributed by atoms with Crippen LogP contribution in [0.4, 0.5) is 4.39 Å². The molecule has 1 aromatic carbocycles. The van der Waals surface area contributed by atoms with Crippen LogP contribution < -0.4 is 10.6 Å². The van der Waals surface area contributed by atoms with Crippen molar-refractivity contribution in [2.24, 2.45) is 0 Å². The zero-order chi connectivity index (χ0) is 12.8. The van der Waals surface area contributed by atoms with Crippen molar-refractivity contribution in [3.05, 3.63) is 35.1 Å². The van der Waals surface area contributed by atoms with E-state index in [2.05, 4.69) is 10.6 Å². The highest BCUT2D eigenvalue weighted by atomic mass is 19.1. The Morgan fingerprint density at radius 1 is 1.41 bits per heavy atom. The number of carbonyl (C=O) groups excluding carboxylic acids is 1. The van der Waals surface area contributed by atoms with Crippen LogP contribution in [0, 0.1) is 12.7 Å². The molecule has 17 heavy (non-hydrogen) atoms. The monoisotopic (exact) mass is 238 g/mol. The fourth-order valence-electron chi connectivity index (χ4n) is 1.38. The van der Waals surface area contributed by atoms with Gasteiger partial charge < -0.3 is 10.6 Å². The van der Waals surface area contributed by atoms with Crippen molar-refractivity contribution in [2.45, 2.75) is 33.4 Å². The molecule has 0 spiro atoms. The van der Waals surface area contributed by atoms with Gasteiger partial charge in [-0.1, -0.05) is 26.0 Å². The van der Waals surface area contributed by atoms with E-state index in [-0.39, 0.29) is 17.8 Å². The number of hydrogen-bond acceptors (Lipinski definition) is 2. The highest BCUT2D eigenvalue weighted by Gasteiger charge is 2.03. The van der Waals surface area contributed by atoms with Crippen LogP contribution in [0.1, 0.15) is 25.0 Å². The third-order valence-corrected chi connectivity index (χ3v) is 2.38. The number of amides is 1. The van der Waals surface area contributed by atoms with E-state index in [0.29, 0.717) is 18.7 Å². The quantitative estimate of drug-likeness (QED) is 0.820. The summed E-state index contributed by atoms with van der Waals surface area (Å²) in [5.74, 6) is -0.276. The Morgan fingerprint density at radius 2 is 2.12 bits per heavy atom. The Balaban J connectivity index is 2.39. The number of rotatable bonds is 5. The molecule has 3 nitrogen and oxygen atoms in total. The first-order chi connectivity index (χ1) is 7.99. The van der Waals surface area contributed by atoms with Crippen molar-refractivity contribution >= 4 is 5.91 Å². The Kier molecular flexibility index (Phi) is 5.10. The van der Waals surface area contributed by atoms with Gasteiger partial charge in [-0.05, 0) is 24.1 Å². The standard InChI is InChI=1S/C13H19FN2O/c1-9(2)15-8-13(17)16-7-11-4-5-12(14)10(3)6-11/h4-6,9,15H,7-8H2,1-3H3,(H,16,17). The van der Waals surface area contributed by atoms with Gasteiger partial charge in [0.2, 0.25) is 5.91 Å². The maximum atomic E-state index is 13.0. The lowest BCUT2D eigenvalue weighted by molar-refractivity contribution is -0.120. The summed E-state index contributed by atoms with van der Waals surface area (Å²) in [5, 5.41) is 5.81. The van der Waals surface area contributed by atoms with Gasteiger partial charge in [0.15, 0.2) is 0 Å². The van der Waals surface area contributed by atoms with Crippen LogP contribution in [-0.4, -0.2) is 18.5 Å². The van der Waals surface area contributed by atoms with Crippen LogP contribution in [0.15, 0.2) is 18.2 Å². The molecule has 0 heterocycles. The van der Waals surface area contributed by atoms with Crippen LogP contribution in [-0.2, 0) is 11.3 Å². The Bertz CT molecular complexity index is 391. The van der Waals surface area contributed by atoms with Crippen molar-refractivity contribution in [2.75, 3.05) is 6.54 Å². The van der Waals surface area contributed by atoms with Gasteiger partial charge in [0.25, 0.3) is 0 Å². The number of halogens is 1. The molecule has 2 N–H and O–H groups in total. The van der Waals surface area contributed by atoms with E-state index in [1.807, 2.05) is 13.8 Å². The Morgan fingerprint density at radius 3 is 2.71 bits per heavy atom. The molecule has 0 unspecified atom stereocenters. The maximum Gasteiger partial charge on any atom is 0.234 e. The third-order valence-electron chi connectivity index (χ3n) is 2.38. The van der Waals surface area contributed by atoms with Crippen LogP contribution >= 0.6 is 0 Å². The molecular weight excluding hydrogens is 219 g/mol. The second-order valence-corrected chi connectivity index (χ2v) is 4.40. The smallest absolute Gasteiger partial charge is 0.234 e. The molecule has 0 saturated heterocycles. The van der Waals surface area contributed by atoms with Crippen molar-refractivity contribution in [1.82, 2.24) is 10.6 Å². The van der Waals surface area contributed by atoms with E-state index in [9.17, 15) is 9.18 Å². The second kappa shape index (κ2) is 6.35. The average molecular weight is 238 g/mol. The fourth-order valence-corrected chi connectivity index (χ4v) is 1.38. The number of nitrogens with one attached hydrogen (secondary N) is 2. The summed E-state index contributed by atoms with van der Waals surface area (Å²) in [6, 6.07) is 5.13. The summed E-state index contributed by atoms with van der Waals surface area (Å²) in [6.45, 7) is 6.41. The van der Waals surface area contributed by atoms with Crippen molar-refractivity contribution in [1.29, 1.82) is 0 Å². The second-order valence-electron chi connectivity index (χ2n) is 4.40. The molecule has 0 atom stereocenters. The third kappa shape index (κ3) is 4.95. The van der Waals surface area contributed by atoms with E-state index in [1.165, 1.54) is 6.07 Å². The molecule has 0 aliphatic heterocycles. The molecule has 0 aromatic heterocycles. The van der Waals surface area contributed by atoms with Crippen LogP contribution in [0.25, 0.3) is 0 Å². The number of hydrogen-bond donors (Lipinski definition) is 2. The largest absolute Gasteiger partial charge is 0.351 e. The molecule has 0 saturated carbocycles. The molecule has 0 radical (unpaired) electrons. The molecule has 1 amide bonds. The van der Waals surface area contributed by atoms with Crippen LogP contribution in [0.2, 0.25) is 0 Å².